The number of phenolic OH excluding ortho intramolecular Hbond substituents is 1. The van der Waals surface area contributed by atoms with Crippen molar-refractivity contribution < 1.29 is 33.6 Å². The highest BCUT2D eigenvalue weighted by Crippen LogP contribution is 2.58. The summed E-state index contributed by atoms with van der Waals surface area (Å²) < 4.78 is 23.8. The number of carbonyl (C=O) groups is 2. The molecular formula is C35H34N4O7. The lowest BCUT2D eigenvalue weighted by molar-refractivity contribution is -0.0758. The summed E-state index contributed by atoms with van der Waals surface area (Å²) in [5.74, 6) is 1.54. The minimum atomic E-state index is -0.625. The van der Waals surface area contributed by atoms with Crippen LogP contribution in [0.4, 0.5) is 0 Å². The molecule has 5 heterocycles. The largest absolute Gasteiger partial charge is 0.504 e. The van der Waals surface area contributed by atoms with Gasteiger partial charge in [0.25, 0.3) is 11.8 Å². The Balaban J connectivity index is 1.36. The van der Waals surface area contributed by atoms with E-state index in [0.717, 1.165) is 33.4 Å². The fourth-order valence-electron chi connectivity index (χ4n) is 8.86. The number of fused-ring (bicyclic) bond motifs is 10. The number of aromatic hydroxyl groups is 1. The van der Waals surface area contributed by atoms with Crippen molar-refractivity contribution in [3.63, 3.8) is 0 Å². The molecule has 236 valence electrons. The molecule has 5 aliphatic heterocycles. The van der Waals surface area contributed by atoms with Crippen LogP contribution in [0.1, 0.15) is 66.2 Å². The summed E-state index contributed by atoms with van der Waals surface area (Å²) >= 11 is 0. The standard InChI is InChI=1S/C35H34N4O7/c1-16-10-18-11-22-24(13-36)39-23(28(37(22)3)26(18)29(40)30(16)43-4)12-21-27(33-32(45-15-46-33)17(2)31(21)44-5)25(39)14-38-34(41)19-8-6-7-9-20(19)35(38)42/h6-10,22-25,28,40H,11-12,14-15H2,1-5H3/t22-,23+,24+,25+,28-/m1/s1. The summed E-state index contributed by atoms with van der Waals surface area (Å²) in [4.78, 5) is 33.2. The number of ether oxygens (including phenoxy) is 4. The van der Waals surface area contributed by atoms with E-state index in [1.807, 2.05) is 20.9 Å². The van der Waals surface area contributed by atoms with Crippen LogP contribution in [0.3, 0.4) is 0 Å². The number of nitriles is 1. The fraction of sp³-hybridized carbons (Fsp3) is 0.400. The zero-order valence-corrected chi connectivity index (χ0v) is 26.3. The van der Waals surface area contributed by atoms with Gasteiger partial charge in [-0.2, -0.15) is 5.26 Å². The molecule has 2 bridgehead atoms. The minimum absolute atomic E-state index is 0.00471. The maximum atomic E-state index is 13.8. The predicted octanol–water partition coefficient (Wildman–Crippen LogP) is 3.82. The zero-order chi connectivity index (χ0) is 32.2. The third-order valence-corrected chi connectivity index (χ3v) is 10.7. The Kier molecular flexibility index (Phi) is 6.30. The van der Waals surface area contributed by atoms with Gasteiger partial charge in [-0.1, -0.05) is 18.2 Å². The number of hydrogen-bond donors (Lipinski definition) is 1. The first-order valence-corrected chi connectivity index (χ1v) is 15.4. The first kappa shape index (κ1) is 28.7. The van der Waals surface area contributed by atoms with Gasteiger partial charge in [0.15, 0.2) is 23.0 Å². The molecule has 1 fully saturated rings. The summed E-state index contributed by atoms with van der Waals surface area (Å²) in [6.45, 7) is 3.85. The summed E-state index contributed by atoms with van der Waals surface area (Å²) in [6.07, 6.45) is 0.993. The fourth-order valence-corrected chi connectivity index (χ4v) is 8.86. The highest BCUT2D eigenvalue weighted by molar-refractivity contribution is 6.21. The molecule has 3 aromatic carbocycles. The van der Waals surface area contributed by atoms with Crippen LogP contribution in [0, 0.1) is 25.2 Å². The Labute approximate surface area is 266 Å². The number of nitrogens with zero attached hydrogens (tertiary/aromatic N) is 4. The van der Waals surface area contributed by atoms with E-state index < -0.39 is 12.1 Å². The van der Waals surface area contributed by atoms with Crippen molar-refractivity contribution in [2.24, 2.45) is 0 Å². The van der Waals surface area contributed by atoms with Gasteiger partial charge < -0.3 is 24.1 Å². The lowest BCUT2D eigenvalue weighted by Crippen LogP contribution is -2.68. The van der Waals surface area contributed by atoms with E-state index in [4.69, 9.17) is 18.9 Å². The number of piperazine rings is 1. The molecule has 11 heteroatoms. The first-order valence-electron chi connectivity index (χ1n) is 15.4. The van der Waals surface area contributed by atoms with E-state index in [1.54, 1.807) is 38.5 Å². The van der Waals surface area contributed by atoms with Gasteiger partial charge in [-0.25, -0.2) is 0 Å². The third kappa shape index (κ3) is 3.59. The number of phenols is 1. The number of imide groups is 1. The molecule has 0 radical (unpaired) electrons. The number of hydrogen-bond acceptors (Lipinski definition) is 10. The van der Waals surface area contributed by atoms with Gasteiger partial charge in [0, 0.05) is 40.9 Å². The number of amides is 2. The molecule has 2 amide bonds. The zero-order valence-electron chi connectivity index (χ0n) is 26.3. The van der Waals surface area contributed by atoms with Crippen molar-refractivity contribution >= 4 is 11.8 Å². The molecular weight excluding hydrogens is 588 g/mol. The number of carbonyl (C=O) groups excluding carboxylic acids is 2. The van der Waals surface area contributed by atoms with E-state index in [0.29, 0.717) is 47.0 Å². The van der Waals surface area contributed by atoms with Gasteiger partial charge in [-0.3, -0.25) is 24.3 Å². The van der Waals surface area contributed by atoms with Crippen LogP contribution in [0.2, 0.25) is 0 Å². The molecule has 0 saturated carbocycles. The molecule has 1 saturated heterocycles. The van der Waals surface area contributed by atoms with Gasteiger partial charge in [0.1, 0.15) is 11.8 Å². The minimum Gasteiger partial charge on any atom is -0.504 e. The topological polar surface area (TPSA) is 125 Å². The average molecular weight is 623 g/mol. The van der Waals surface area contributed by atoms with Crippen molar-refractivity contribution in [2.45, 2.75) is 56.9 Å². The molecule has 0 aromatic heterocycles. The van der Waals surface area contributed by atoms with Gasteiger partial charge in [-0.15, -0.1) is 0 Å². The molecule has 0 aliphatic carbocycles. The summed E-state index contributed by atoms with van der Waals surface area (Å²) in [5, 5.41) is 22.6. The second-order valence-electron chi connectivity index (χ2n) is 12.7. The maximum absolute atomic E-state index is 13.8. The molecule has 1 N–H and O–H groups in total. The molecule has 11 nitrogen and oxygen atoms in total. The van der Waals surface area contributed by atoms with Gasteiger partial charge in [-0.05, 0) is 57.0 Å². The molecule has 8 rings (SSSR count). The normalized spacial score (nSPS) is 25.8. The lowest BCUT2D eigenvalue weighted by Gasteiger charge is -2.60. The Bertz CT molecular complexity index is 1870. The van der Waals surface area contributed by atoms with Crippen LogP contribution in [0.15, 0.2) is 30.3 Å². The second kappa shape index (κ2) is 10.1. The molecule has 5 atom stereocenters. The molecule has 5 aliphatic rings. The molecule has 46 heavy (non-hydrogen) atoms. The summed E-state index contributed by atoms with van der Waals surface area (Å²) in [6, 6.07) is 9.36. The Hall–Kier alpha value is -4.79. The van der Waals surface area contributed by atoms with Crippen LogP contribution in [0.5, 0.6) is 28.7 Å². The van der Waals surface area contributed by atoms with Crippen molar-refractivity contribution in [1.29, 1.82) is 5.26 Å². The van der Waals surface area contributed by atoms with E-state index in [-0.39, 0.29) is 49.0 Å². The predicted molar refractivity (Wildman–Crippen MR) is 165 cm³/mol. The van der Waals surface area contributed by atoms with E-state index >= 15 is 0 Å². The number of benzene rings is 3. The highest BCUT2D eigenvalue weighted by atomic mass is 16.7. The Morgan fingerprint density at radius 1 is 0.978 bits per heavy atom. The number of rotatable bonds is 4. The van der Waals surface area contributed by atoms with Crippen LogP contribution >= 0.6 is 0 Å². The number of methoxy groups -OCH3 is 2. The van der Waals surface area contributed by atoms with Crippen molar-refractivity contribution in [3.8, 4) is 34.8 Å². The van der Waals surface area contributed by atoms with Crippen LogP contribution in [-0.2, 0) is 12.8 Å². The van der Waals surface area contributed by atoms with Crippen molar-refractivity contribution in [1.82, 2.24) is 14.7 Å². The molecule has 0 spiro atoms. The Morgan fingerprint density at radius 3 is 2.30 bits per heavy atom. The van der Waals surface area contributed by atoms with Gasteiger partial charge >= 0.3 is 0 Å². The number of likely N-dealkylation sites (N-methyl/N-ethyl adjacent to an activating group) is 1. The number of aryl methyl sites for hydroxylation is 1. The highest BCUT2D eigenvalue weighted by Gasteiger charge is 2.57. The van der Waals surface area contributed by atoms with Gasteiger partial charge in [0.2, 0.25) is 6.79 Å². The molecule has 3 aromatic rings. The van der Waals surface area contributed by atoms with E-state index in [2.05, 4.69) is 21.9 Å². The van der Waals surface area contributed by atoms with E-state index in [1.165, 1.54) is 4.90 Å². The quantitative estimate of drug-likeness (QED) is 0.430. The third-order valence-electron chi connectivity index (χ3n) is 10.7. The van der Waals surface area contributed by atoms with Gasteiger partial charge in [0.05, 0.1) is 43.5 Å². The van der Waals surface area contributed by atoms with Crippen molar-refractivity contribution in [2.75, 3.05) is 34.6 Å². The van der Waals surface area contributed by atoms with Crippen molar-refractivity contribution in [3.05, 3.63) is 74.8 Å². The molecule has 0 unspecified atom stereocenters. The van der Waals surface area contributed by atoms with Crippen LogP contribution in [-0.4, -0.2) is 84.4 Å². The van der Waals surface area contributed by atoms with E-state index in [9.17, 15) is 20.0 Å². The van der Waals surface area contributed by atoms with Crippen LogP contribution in [0.25, 0.3) is 0 Å². The second-order valence-corrected chi connectivity index (χ2v) is 12.7. The smallest absolute Gasteiger partial charge is 0.261 e. The monoisotopic (exact) mass is 622 g/mol. The maximum Gasteiger partial charge on any atom is 0.261 e. The Morgan fingerprint density at radius 2 is 1.65 bits per heavy atom. The average Bonchev–Trinajstić information content (AvgIpc) is 3.62. The van der Waals surface area contributed by atoms with Crippen LogP contribution < -0.4 is 18.9 Å². The first-order chi connectivity index (χ1) is 22.2. The lowest BCUT2D eigenvalue weighted by atomic mass is 9.71. The summed E-state index contributed by atoms with van der Waals surface area (Å²) in [5.41, 5.74) is 5.74. The summed E-state index contributed by atoms with van der Waals surface area (Å²) in [7, 11) is 5.17. The SMILES string of the molecule is COc1c(C)cc2c(c1O)[C@H]1[C@@H]3Cc4c(OC)c(C)c5c(c4[C@H](CN4C(=O)c6ccccc6C4=O)N3[C@@H](C#N)[C@@H](C2)N1C)OCO5.